The second-order valence-electron chi connectivity index (χ2n) is 4.33. The van der Waals surface area contributed by atoms with Crippen LogP contribution in [0.2, 0.25) is 0 Å². The summed E-state index contributed by atoms with van der Waals surface area (Å²) in [6.07, 6.45) is 0. The minimum Gasteiger partial charge on any atom is -0.356 e. The van der Waals surface area contributed by atoms with Crippen LogP contribution in [0.25, 0.3) is 0 Å². The molecule has 4 heteroatoms. The number of hydrogen-bond acceptors (Lipinski definition) is 1. The molecule has 0 radical (unpaired) electrons. The van der Waals surface area contributed by atoms with E-state index < -0.39 is 0 Å². The molecule has 0 atom stereocenters. The van der Waals surface area contributed by atoms with Crippen LogP contribution in [0.4, 0.5) is 0 Å². The number of nitrogens with one attached hydrogen (secondary N) is 2. The molecule has 0 aliphatic carbocycles. The van der Waals surface area contributed by atoms with Crippen LogP contribution < -0.4 is 10.6 Å². The summed E-state index contributed by atoms with van der Waals surface area (Å²) in [5.41, 5.74) is 1.23. The summed E-state index contributed by atoms with van der Waals surface area (Å²) in [6.45, 7) is 6.05. The Bertz CT molecular complexity index is 375. The summed E-state index contributed by atoms with van der Waals surface area (Å²) in [5, 5.41) is 6.57. The summed E-state index contributed by atoms with van der Waals surface area (Å²) in [7, 11) is 1.79. The second-order valence-corrected chi connectivity index (χ2v) is 5.25. The zero-order chi connectivity index (χ0) is 12.7. The first-order valence-electron chi connectivity index (χ1n) is 5.80. The first-order valence-corrected chi connectivity index (χ1v) is 6.60. The summed E-state index contributed by atoms with van der Waals surface area (Å²) >= 11 is 3.46. The first kappa shape index (κ1) is 14.0. The highest BCUT2D eigenvalue weighted by Gasteiger charge is 1.99. The van der Waals surface area contributed by atoms with Crippen LogP contribution >= 0.6 is 15.9 Å². The fraction of sp³-hybridized carbons (Fsp3) is 0.462. The van der Waals surface area contributed by atoms with E-state index >= 15 is 0 Å². The number of halogens is 1. The zero-order valence-corrected chi connectivity index (χ0v) is 12.2. The minimum absolute atomic E-state index is 0.611. The molecule has 0 saturated heterocycles. The van der Waals surface area contributed by atoms with Crippen LogP contribution in [0.5, 0.6) is 0 Å². The van der Waals surface area contributed by atoms with Crippen LogP contribution in [0, 0.1) is 5.92 Å². The van der Waals surface area contributed by atoms with Crippen LogP contribution in [-0.4, -0.2) is 19.6 Å². The molecule has 0 fully saturated rings. The largest absolute Gasteiger partial charge is 0.356 e. The maximum Gasteiger partial charge on any atom is 0.191 e. The van der Waals surface area contributed by atoms with Crippen LogP contribution in [0.15, 0.2) is 33.7 Å². The highest BCUT2D eigenvalue weighted by molar-refractivity contribution is 9.10. The Labute approximate surface area is 112 Å². The van der Waals surface area contributed by atoms with Crippen LogP contribution in [0.3, 0.4) is 0 Å². The van der Waals surface area contributed by atoms with Gasteiger partial charge in [-0.25, -0.2) is 0 Å². The van der Waals surface area contributed by atoms with Crippen molar-refractivity contribution in [1.29, 1.82) is 0 Å². The zero-order valence-electron chi connectivity index (χ0n) is 10.6. The molecule has 0 unspecified atom stereocenters. The van der Waals surface area contributed by atoms with Gasteiger partial charge in [0.2, 0.25) is 0 Å². The standard InChI is InChI=1S/C13H20BrN3/c1-10(2)8-16-13(15-3)17-9-11-5-4-6-12(14)7-11/h4-7,10H,8-9H2,1-3H3,(H2,15,16,17). The molecule has 0 heterocycles. The average Bonchev–Trinajstić information content (AvgIpc) is 2.29. The van der Waals surface area contributed by atoms with E-state index in [4.69, 9.17) is 0 Å². The monoisotopic (exact) mass is 297 g/mol. The van der Waals surface area contributed by atoms with E-state index in [1.165, 1.54) is 5.56 Å². The molecule has 94 valence electrons. The Kier molecular flexibility index (Phi) is 6.05. The third-order valence-corrected chi connectivity index (χ3v) is 2.74. The van der Waals surface area contributed by atoms with Crippen LogP contribution in [0.1, 0.15) is 19.4 Å². The summed E-state index contributed by atoms with van der Waals surface area (Å²) in [5.74, 6) is 1.46. The SMILES string of the molecule is CN=C(NCc1cccc(Br)c1)NCC(C)C. The Morgan fingerprint density at radius 2 is 2.12 bits per heavy atom. The predicted molar refractivity (Wildman–Crippen MR) is 77.2 cm³/mol. The van der Waals surface area contributed by atoms with Gasteiger partial charge in [-0.15, -0.1) is 0 Å². The van der Waals surface area contributed by atoms with E-state index in [1.807, 2.05) is 12.1 Å². The van der Waals surface area contributed by atoms with E-state index in [1.54, 1.807) is 7.05 Å². The lowest BCUT2D eigenvalue weighted by molar-refractivity contribution is 0.614. The lowest BCUT2D eigenvalue weighted by Gasteiger charge is -2.13. The van der Waals surface area contributed by atoms with E-state index in [-0.39, 0.29) is 0 Å². The molecule has 0 aliphatic rings. The summed E-state index contributed by atoms with van der Waals surface area (Å²) < 4.78 is 1.10. The number of nitrogens with zero attached hydrogens (tertiary/aromatic N) is 1. The van der Waals surface area contributed by atoms with E-state index in [9.17, 15) is 0 Å². The third kappa shape index (κ3) is 5.73. The van der Waals surface area contributed by atoms with Crippen molar-refractivity contribution in [2.45, 2.75) is 20.4 Å². The van der Waals surface area contributed by atoms with Crippen molar-refractivity contribution in [3.8, 4) is 0 Å². The van der Waals surface area contributed by atoms with Gasteiger partial charge in [-0.1, -0.05) is 41.9 Å². The van der Waals surface area contributed by atoms with Gasteiger partial charge in [0.1, 0.15) is 0 Å². The third-order valence-electron chi connectivity index (χ3n) is 2.25. The Hall–Kier alpha value is -1.03. The van der Waals surface area contributed by atoms with Crippen molar-refractivity contribution in [2.75, 3.05) is 13.6 Å². The lowest BCUT2D eigenvalue weighted by Crippen LogP contribution is -2.38. The number of guanidine groups is 1. The van der Waals surface area contributed by atoms with Gasteiger partial charge in [-0.05, 0) is 23.6 Å². The predicted octanol–water partition coefficient (Wildman–Crippen LogP) is 2.77. The van der Waals surface area contributed by atoms with Crippen LogP contribution in [-0.2, 0) is 6.54 Å². The van der Waals surface area contributed by atoms with Crippen molar-refractivity contribution in [3.05, 3.63) is 34.3 Å². The Balaban J connectivity index is 2.43. The Morgan fingerprint density at radius 3 is 2.71 bits per heavy atom. The van der Waals surface area contributed by atoms with Crippen molar-refractivity contribution in [1.82, 2.24) is 10.6 Å². The van der Waals surface area contributed by atoms with Gasteiger partial charge in [0.25, 0.3) is 0 Å². The Morgan fingerprint density at radius 1 is 1.35 bits per heavy atom. The van der Waals surface area contributed by atoms with Gasteiger partial charge in [-0.3, -0.25) is 4.99 Å². The fourth-order valence-electron chi connectivity index (χ4n) is 1.35. The van der Waals surface area contributed by atoms with Gasteiger partial charge >= 0.3 is 0 Å². The number of benzene rings is 1. The van der Waals surface area contributed by atoms with Crippen molar-refractivity contribution >= 4 is 21.9 Å². The minimum atomic E-state index is 0.611. The van der Waals surface area contributed by atoms with Gasteiger partial charge in [0.15, 0.2) is 5.96 Å². The number of aliphatic imine (C=N–C) groups is 1. The molecule has 1 rings (SSSR count). The maximum absolute atomic E-state index is 4.18. The smallest absolute Gasteiger partial charge is 0.191 e. The summed E-state index contributed by atoms with van der Waals surface area (Å²) in [6, 6.07) is 8.25. The average molecular weight is 298 g/mol. The topological polar surface area (TPSA) is 36.4 Å². The molecule has 0 aromatic heterocycles. The first-order chi connectivity index (χ1) is 8.11. The molecule has 2 N–H and O–H groups in total. The quantitative estimate of drug-likeness (QED) is 0.662. The van der Waals surface area contributed by atoms with E-state index in [2.05, 4.69) is 57.5 Å². The van der Waals surface area contributed by atoms with Gasteiger partial charge in [0.05, 0.1) is 0 Å². The molecule has 0 bridgehead atoms. The van der Waals surface area contributed by atoms with Crippen molar-refractivity contribution < 1.29 is 0 Å². The normalized spacial score (nSPS) is 11.7. The molecular formula is C13H20BrN3. The van der Waals surface area contributed by atoms with Gasteiger partial charge < -0.3 is 10.6 Å². The molecule has 17 heavy (non-hydrogen) atoms. The van der Waals surface area contributed by atoms with Crippen molar-refractivity contribution in [3.63, 3.8) is 0 Å². The molecule has 0 aliphatic heterocycles. The molecule has 1 aromatic carbocycles. The highest BCUT2D eigenvalue weighted by Crippen LogP contribution is 2.11. The van der Waals surface area contributed by atoms with Gasteiger partial charge in [-0.2, -0.15) is 0 Å². The highest BCUT2D eigenvalue weighted by atomic mass is 79.9. The van der Waals surface area contributed by atoms with Gasteiger partial charge in [0, 0.05) is 24.6 Å². The number of rotatable bonds is 4. The number of hydrogen-bond donors (Lipinski definition) is 2. The van der Waals surface area contributed by atoms with Crippen molar-refractivity contribution in [2.24, 2.45) is 10.9 Å². The molecule has 0 saturated carbocycles. The second kappa shape index (κ2) is 7.33. The van der Waals surface area contributed by atoms with E-state index in [0.717, 1.165) is 23.5 Å². The molecule has 0 spiro atoms. The molecule has 3 nitrogen and oxygen atoms in total. The lowest BCUT2D eigenvalue weighted by atomic mass is 10.2. The summed E-state index contributed by atoms with van der Waals surface area (Å²) in [4.78, 5) is 4.18. The fourth-order valence-corrected chi connectivity index (χ4v) is 1.80. The molecule has 1 aromatic rings. The molecular weight excluding hydrogens is 278 g/mol. The van der Waals surface area contributed by atoms with E-state index in [0.29, 0.717) is 5.92 Å². The maximum atomic E-state index is 4.18. The molecule has 0 amide bonds.